The summed E-state index contributed by atoms with van der Waals surface area (Å²) in [6.07, 6.45) is 0.829. The van der Waals surface area contributed by atoms with Crippen LogP contribution in [0.2, 0.25) is 0 Å². The average Bonchev–Trinajstić information content (AvgIpc) is 3.22. The van der Waals surface area contributed by atoms with Crippen molar-refractivity contribution >= 4 is 5.91 Å². The van der Waals surface area contributed by atoms with Crippen LogP contribution in [0.3, 0.4) is 0 Å². The number of carbonyl (C=O) groups is 1. The Labute approximate surface area is 159 Å². The first-order valence-corrected chi connectivity index (χ1v) is 9.15. The van der Waals surface area contributed by atoms with Crippen molar-refractivity contribution in [2.24, 2.45) is 0 Å². The molecule has 27 heavy (non-hydrogen) atoms. The number of fused-ring (bicyclic) bond motifs is 1. The van der Waals surface area contributed by atoms with Crippen molar-refractivity contribution < 1.29 is 9.53 Å². The van der Waals surface area contributed by atoms with E-state index in [-0.39, 0.29) is 12.0 Å². The van der Waals surface area contributed by atoms with Crippen molar-refractivity contribution in [2.75, 3.05) is 13.6 Å². The van der Waals surface area contributed by atoms with Gasteiger partial charge in [0.25, 0.3) is 5.91 Å². The zero-order valence-electron chi connectivity index (χ0n) is 15.8. The summed E-state index contributed by atoms with van der Waals surface area (Å²) < 4.78 is 5.97. The molecule has 0 bridgehead atoms. The van der Waals surface area contributed by atoms with Crippen molar-refractivity contribution in [3.8, 4) is 17.0 Å². The van der Waals surface area contributed by atoms with Crippen LogP contribution in [0.25, 0.3) is 11.3 Å². The van der Waals surface area contributed by atoms with E-state index in [9.17, 15) is 4.79 Å². The molecular formula is C22H23N3O2. The molecule has 1 aliphatic rings. The molecule has 2 heterocycles. The van der Waals surface area contributed by atoms with Crippen LogP contribution in [-0.2, 0) is 6.42 Å². The predicted octanol–water partition coefficient (Wildman–Crippen LogP) is 3.77. The number of carbonyl (C=O) groups excluding carboxylic acids is 1. The topological polar surface area (TPSA) is 58.2 Å². The summed E-state index contributed by atoms with van der Waals surface area (Å²) in [5, 5.41) is 0. The van der Waals surface area contributed by atoms with Gasteiger partial charge < -0.3 is 14.6 Å². The van der Waals surface area contributed by atoms with Crippen LogP contribution in [0.5, 0.6) is 5.75 Å². The highest BCUT2D eigenvalue weighted by Gasteiger charge is 2.25. The maximum absolute atomic E-state index is 12.9. The van der Waals surface area contributed by atoms with Gasteiger partial charge in [0, 0.05) is 30.3 Å². The number of nitrogens with one attached hydrogen (secondary N) is 1. The first-order valence-electron chi connectivity index (χ1n) is 9.15. The number of benzene rings is 2. The van der Waals surface area contributed by atoms with E-state index >= 15 is 0 Å². The summed E-state index contributed by atoms with van der Waals surface area (Å²) in [6, 6.07) is 15.7. The Bertz CT molecular complexity index is 968. The van der Waals surface area contributed by atoms with Crippen molar-refractivity contribution in [1.29, 1.82) is 0 Å². The second kappa shape index (κ2) is 6.91. The van der Waals surface area contributed by atoms with Gasteiger partial charge in [-0.2, -0.15) is 0 Å². The minimum absolute atomic E-state index is 0.00392. The number of ether oxygens (including phenoxy) is 1. The summed E-state index contributed by atoms with van der Waals surface area (Å²) >= 11 is 0. The third-order valence-corrected chi connectivity index (χ3v) is 4.92. The lowest BCUT2D eigenvalue weighted by Crippen LogP contribution is -2.36. The Morgan fingerprint density at radius 3 is 2.78 bits per heavy atom. The second-order valence-corrected chi connectivity index (χ2v) is 7.11. The number of aryl methyl sites for hydroxylation is 2. The Morgan fingerprint density at radius 2 is 2.04 bits per heavy atom. The number of aromatic nitrogens is 2. The van der Waals surface area contributed by atoms with Crippen LogP contribution >= 0.6 is 0 Å². The fourth-order valence-corrected chi connectivity index (χ4v) is 3.66. The minimum atomic E-state index is -0.0127. The fourth-order valence-electron chi connectivity index (χ4n) is 3.66. The predicted molar refractivity (Wildman–Crippen MR) is 105 cm³/mol. The Morgan fingerprint density at radius 1 is 1.22 bits per heavy atom. The Hall–Kier alpha value is -3.08. The number of rotatable bonds is 4. The molecule has 5 heteroatoms. The third kappa shape index (κ3) is 3.45. The van der Waals surface area contributed by atoms with Crippen LogP contribution in [-0.4, -0.2) is 40.5 Å². The quantitative estimate of drug-likeness (QED) is 0.770. The molecule has 1 atom stereocenters. The van der Waals surface area contributed by atoms with E-state index in [1.807, 2.05) is 63.4 Å². The number of amides is 1. The van der Waals surface area contributed by atoms with E-state index < -0.39 is 0 Å². The molecule has 2 aromatic carbocycles. The number of hydrogen-bond acceptors (Lipinski definition) is 3. The van der Waals surface area contributed by atoms with E-state index in [1.54, 1.807) is 4.90 Å². The van der Waals surface area contributed by atoms with Crippen molar-refractivity contribution in [2.45, 2.75) is 26.4 Å². The van der Waals surface area contributed by atoms with Gasteiger partial charge in [0.2, 0.25) is 0 Å². The molecule has 0 spiro atoms. The van der Waals surface area contributed by atoms with Gasteiger partial charge in [0.15, 0.2) is 0 Å². The summed E-state index contributed by atoms with van der Waals surface area (Å²) in [5.74, 6) is 1.78. The summed E-state index contributed by atoms with van der Waals surface area (Å²) in [4.78, 5) is 22.4. The maximum atomic E-state index is 12.9. The van der Waals surface area contributed by atoms with Gasteiger partial charge in [0.1, 0.15) is 17.7 Å². The molecule has 5 nitrogen and oxygen atoms in total. The molecule has 0 radical (unpaired) electrons. The Balaban J connectivity index is 1.48. The smallest absolute Gasteiger partial charge is 0.253 e. The monoisotopic (exact) mass is 361 g/mol. The molecule has 4 rings (SSSR count). The van der Waals surface area contributed by atoms with Gasteiger partial charge in [-0.15, -0.1) is 0 Å². The van der Waals surface area contributed by atoms with Gasteiger partial charge in [-0.1, -0.05) is 30.3 Å². The van der Waals surface area contributed by atoms with Crippen LogP contribution in [0.4, 0.5) is 0 Å². The SMILES string of the molecule is Cc1nc(-c2cccc(C(=O)N(C)C[C@H]3Cc4ccccc4O3)c2)c(C)[nH]1. The third-order valence-electron chi connectivity index (χ3n) is 4.92. The molecule has 1 aliphatic heterocycles. The van der Waals surface area contributed by atoms with Crippen LogP contribution in [0, 0.1) is 13.8 Å². The molecule has 0 saturated carbocycles. The highest BCUT2D eigenvalue weighted by molar-refractivity contribution is 5.95. The molecule has 3 aromatic rings. The van der Waals surface area contributed by atoms with Gasteiger partial charge >= 0.3 is 0 Å². The first-order chi connectivity index (χ1) is 13.0. The standard InChI is InChI=1S/C22H23N3O2/c1-14-21(24-15(2)23-14)17-8-6-9-18(11-17)22(26)25(3)13-19-12-16-7-4-5-10-20(16)27-19/h4-11,19H,12-13H2,1-3H3,(H,23,24)/t19-/m1/s1. The molecule has 1 aromatic heterocycles. The molecule has 0 fully saturated rings. The van der Waals surface area contributed by atoms with Gasteiger partial charge in [-0.25, -0.2) is 4.98 Å². The lowest BCUT2D eigenvalue weighted by atomic mass is 10.1. The number of imidazole rings is 1. The van der Waals surface area contributed by atoms with Crippen molar-refractivity contribution in [1.82, 2.24) is 14.9 Å². The largest absolute Gasteiger partial charge is 0.488 e. The number of H-pyrrole nitrogens is 1. The van der Waals surface area contributed by atoms with Crippen LogP contribution in [0.1, 0.15) is 27.4 Å². The van der Waals surface area contributed by atoms with E-state index in [0.29, 0.717) is 12.1 Å². The first kappa shape index (κ1) is 17.3. The zero-order chi connectivity index (χ0) is 19.0. The lowest BCUT2D eigenvalue weighted by molar-refractivity contribution is 0.0730. The van der Waals surface area contributed by atoms with E-state index in [4.69, 9.17) is 4.74 Å². The van der Waals surface area contributed by atoms with Gasteiger partial charge in [0.05, 0.1) is 12.2 Å². The van der Waals surface area contributed by atoms with Crippen molar-refractivity contribution in [3.63, 3.8) is 0 Å². The highest BCUT2D eigenvalue weighted by Crippen LogP contribution is 2.28. The molecule has 0 saturated heterocycles. The van der Waals surface area contributed by atoms with Crippen LogP contribution < -0.4 is 4.74 Å². The number of hydrogen-bond donors (Lipinski definition) is 1. The van der Waals surface area contributed by atoms with Gasteiger partial charge in [-0.05, 0) is 37.6 Å². The molecule has 138 valence electrons. The number of likely N-dealkylation sites (N-methyl/N-ethyl adjacent to an activating group) is 1. The molecule has 1 N–H and O–H groups in total. The fraction of sp³-hybridized carbons (Fsp3) is 0.273. The molecule has 0 aliphatic carbocycles. The lowest BCUT2D eigenvalue weighted by Gasteiger charge is -2.21. The summed E-state index contributed by atoms with van der Waals surface area (Å²) in [7, 11) is 1.82. The molecule has 0 unspecified atom stereocenters. The van der Waals surface area contributed by atoms with Crippen molar-refractivity contribution in [3.05, 3.63) is 71.2 Å². The highest BCUT2D eigenvalue weighted by atomic mass is 16.5. The van der Waals surface area contributed by atoms with Crippen LogP contribution in [0.15, 0.2) is 48.5 Å². The number of para-hydroxylation sites is 1. The summed E-state index contributed by atoms with van der Waals surface area (Å²) in [6.45, 7) is 4.47. The molecule has 1 amide bonds. The number of nitrogens with zero attached hydrogens (tertiary/aromatic N) is 2. The minimum Gasteiger partial charge on any atom is -0.488 e. The maximum Gasteiger partial charge on any atom is 0.253 e. The summed E-state index contributed by atoms with van der Waals surface area (Å²) in [5.41, 5.74) is 4.70. The normalized spacial score (nSPS) is 15.3. The second-order valence-electron chi connectivity index (χ2n) is 7.11. The van der Waals surface area contributed by atoms with E-state index in [2.05, 4.69) is 16.0 Å². The number of aromatic amines is 1. The average molecular weight is 361 g/mol. The van der Waals surface area contributed by atoms with E-state index in [1.165, 1.54) is 5.56 Å². The zero-order valence-corrected chi connectivity index (χ0v) is 15.8. The Kier molecular flexibility index (Phi) is 4.44. The van der Waals surface area contributed by atoms with Gasteiger partial charge in [-0.3, -0.25) is 4.79 Å². The van der Waals surface area contributed by atoms with E-state index in [0.717, 1.165) is 34.9 Å². The molecular weight excluding hydrogens is 338 g/mol.